The van der Waals surface area contributed by atoms with Gasteiger partial charge in [-0.25, -0.2) is 13.5 Å². The summed E-state index contributed by atoms with van der Waals surface area (Å²) in [6.07, 6.45) is -1.11. The highest BCUT2D eigenvalue weighted by Crippen LogP contribution is 2.26. The van der Waals surface area contributed by atoms with Gasteiger partial charge in [-0.15, -0.1) is 0 Å². The number of nitrogens with zero attached hydrogens (tertiary/aromatic N) is 2. The van der Waals surface area contributed by atoms with Crippen molar-refractivity contribution < 1.29 is 13.6 Å². The van der Waals surface area contributed by atoms with Gasteiger partial charge in [0, 0.05) is 5.69 Å². The predicted molar refractivity (Wildman–Crippen MR) is 62.6 cm³/mol. The van der Waals surface area contributed by atoms with Crippen molar-refractivity contribution >= 4 is 17.8 Å². The largest absolute Gasteiger partial charge is 0.399 e. The Balaban J connectivity index is 2.42. The van der Waals surface area contributed by atoms with E-state index in [2.05, 4.69) is 10.4 Å². The topological polar surface area (TPSA) is 72.9 Å². The number of rotatable bonds is 4. The van der Waals surface area contributed by atoms with Gasteiger partial charge in [-0.3, -0.25) is 4.79 Å². The second kappa shape index (κ2) is 4.82. The van der Waals surface area contributed by atoms with Gasteiger partial charge in [-0.2, -0.15) is 5.10 Å². The molecule has 0 spiro atoms. The first kappa shape index (κ1) is 12.0. The molecular formula is C11H10F2N4O. The molecule has 7 heteroatoms. The monoisotopic (exact) mass is 252 g/mol. The van der Waals surface area contributed by atoms with Gasteiger partial charge in [0.05, 0.1) is 17.6 Å². The van der Waals surface area contributed by atoms with E-state index in [1.807, 2.05) is 0 Å². The number of anilines is 2. The van der Waals surface area contributed by atoms with Gasteiger partial charge in [0.15, 0.2) is 5.69 Å². The number of benzene rings is 1. The number of hydrogen-bond donors (Lipinski definition) is 2. The van der Waals surface area contributed by atoms with Gasteiger partial charge in [-0.1, -0.05) is 0 Å². The summed E-state index contributed by atoms with van der Waals surface area (Å²) >= 11 is 0. The molecule has 1 aromatic heterocycles. The summed E-state index contributed by atoms with van der Waals surface area (Å²) in [6.45, 7) is 0. The zero-order valence-corrected chi connectivity index (χ0v) is 9.18. The predicted octanol–water partition coefficient (Wildman–Crippen LogP) is 1.96. The third kappa shape index (κ3) is 2.29. The molecule has 5 nitrogen and oxygen atoms in total. The van der Waals surface area contributed by atoms with Crippen molar-refractivity contribution in [2.45, 2.75) is 6.43 Å². The van der Waals surface area contributed by atoms with Gasteiger partial charge in [-0.05, 0) is 24.3 Å². The lowest BCUT2D eigenvalue weighted by molar-refractivity contribution is -0.105. The molecule has 0 bridgehead atoms. The molecule has 94 valence electrons. The minimum Gasteiger partial charge on any atom is -0.399 e. The number of nitrogens with one attached hydrogen (secondary N) is 1. The van der Waals surface area contributed by atoms with Crippen LogP contribution in [0.2, 0.25) is 0 Å². The van der Waals surface area contributed by atoms with E-state index < -0.39 is 12.1 Å². The van der Waals surface area contributed by atoms with Crippen LogP contribution in [0.15, 0.2) is 30.5 Å². The molecule has 2 aromatic rings. The lowest BCUT2D eigenvalue weighted by atomic mass is 10.3. The maximum atomic E-state index is 12.7. The van der Waals surface area contributed by atoms with Crippen LogP contribution in [0.1, 0.15) is 12.1 Å². The van der Waals surface area contributed by atoms with Gasteiger partial charge >= 0.3 is 0 Å². The molecule has 1 heterocycles. The number of halogens is 2. The minimum atomic E-state index is -2.76. The number of carbonyl (C=O) groups excluding carboxylic acids is 1. The van der Waals surface area contributed by atoms with Crippen LogP contribution >= 0.6 is 0 Å². The molecule has 2 rings (SSSR count). The maximum absolute atomic E-state index is 12.7. The molecular weight excluding hydrogens is 242 g/mol. The van der Waals surface area contributed by atoms with Crippen LogP contribution in [-0.4, -0.2) is 16.2 Å². The molecule has 0 atom stereocenters. The Morgan fingerprint density at radius 1 is 1.33 bits per heavy atom. The van der Waals surface area contributed by atoms with E-state index in [1.54, 1.807) is 24.3 Å². The fraction of sp³-hybridized carbons (Fsp3) is 0.0909. The molecule has 0 saturated carbocycles. The van der Waals surface area contributed by atoms with Crippen LogP contribution in [0.25, 0.3) is 5.69 Å². The number of amides is 1. The SMILES string of the molecule is Nc1ccc(-n2cc(NC=O)c(C(F)F)n2)cc1. The molecule has 0 aliphatic rings. The Hall–Kier alpha value is -2.44. The third-order valence-corrected chi connectivity index (χ3v) is 2.32. The number of hydrogen-bond acceptors (Lipinski definition) is 3. The summed E-state index contributed by atoms with van der Waals surface area (Å²) in [7, 11) is 0. The first-order valence-corrected chi connectivity index (χ1v) is 5.05. The molecule has 0 radical (unpaired) electrons. The second-order valence-corrected chi connectivity index (χ2v) is 3.53. The summed E-state index contributed by atoms with van der Waals surface area (Å²) < 4.78 is 26.6. The first-order valence-electron chi connectivity index (χ1n) is 5.05. The third-order valence-electron chi connectivity index (χ3n) is 2.32. The number of aromatic nitrogens is 2. The minimum absolute atomic E-state index is 0.0168. The average molecular weight is 252 g/mol. The van der Waals surface area contributed by atoms with E-state index in [-0.39, 0.29) is 5.69 Å². The molecule has 0 aliphatic carbocycles. The zero-order valence-electron chi connectivity index (χ0n) is 9.18. The number of nitrogens with two attached hydrogens (primary N) is 1. The van der Waals surface area contributed by atoms with Gasteiger partial charge in [0.1, 0.15) is 0 Å². The molecule has 0 saturated heterocycles. The average Bonchev–Trinajstić information content (AvgIpc) is 2.75. The van der Waals surface area contributed by atoms with Crippen LogP contribution in [0, 0.1) is 0 Å². The summed E-state index contributed by atoms with van der Waals surface area (Å²) in [5, 5.41) is 5.92. The van der Waals surface area contributed by atoms with Crippen LogP contribution in [0.3, 0.4) is 0 Å². The Bertz CT molecular complexity index is 551. The standard InChI is InChI=1S/C11H10F2N4O/c12-11(13)10-9(15-6-18)5-17(16-10)8-3-1-7(14)2-4-8/h1-6,11H,14H2,(H,15,18). The van der Waals surface area contributed by atoms with Crippen LogP contribution in [0.4, 0.5) is 20.2 Å². The lowest BCUT2D eigenvalue weighted by Gasteiger charge is -2.00. The van der Waals surface area contributed by atoms with Crippen molar-refractivity contribution in [1.29, 1.82) is 0 Å². The van der Waals surface area contributed by atoms with Crippen LogP contribution < -0.4 is 11.1 Å². The maximum Gasteiger partial charge on any atom is 0.284 e. The van der Waals surface area contributed by atoms with E-state index >= 15 is 0 Å². The quantitative estimate of drug-likeness (QED) is 0.645. The van der Waals surface area contributed by atoms with Crippen molar-refractivity contribution in [1.82, 2.24) is 9.78 Å². The molecule has 0 unspecified atom stereocenters. The molecule has 1 aromatic carbocycles. The molecule has 1 amide bonds. The lowest BCUT2D eigenvalue weighted by Crippen LogP contribution is -1.97. The molecule has 0 aliphatic heterocycles. The summed E-state index contributed by atoms with van der Waals surface area (Å²) in [4.78, 5) is 10.3. The van der Waals surface area contributed by atoms with Crippen molar-refractivity contribution in [3.05, 3.63) is 36.2 Å². The number of alkyl halides is 2. The smallest absolute Gasteiger partial charge is 0.284 e. The van der Waals surface area contributed by atoms with E-state index in [0.29, 0.717) is 17.8 Å². The Kier molecular flexibility index (Phi) is 3.22. The number of carbonyl (C=O) groups is 1. The van der Waals surface area contributed by atoms with Crippen LogP contribution in [-0.2, 0) is 4.79 Å². The Morgan fingerprint density at radius 3 is 2.56 bits per heavy atom. The van der Waals surface area contributed by atoms with E-state index in [9.17, 15) is 13.6 Å². The summed E-state index contributed by atoms with van der Waals surface area (Å²) in [6, 6.07) is 6.54. The fourth-order valence-electron chi connectivity index (χ4n) is 1.48. The van der Waals surface area contributed by atoms with Crippen molar-refractivity contribution in [3.8, 4) is 5.69 Å². The molecule has 18 heavy (non-hydrogen) atoms. The first-order chi connectivity index (χ1) is 8.61. The van der Waals surface area contributed by atoms with Crippen molar-refractivity contribution in [3.63, 3.8) is 0 Å². The molecule has 3 N–H and O–H groups in total. The Morgan fingerprint density at radius 2 is 2.00 bits per heavy atom. The summed E-state index contributed by atoms with van der Waals surface area (Å²) in [5.74, 6) is 0. The fourth-order valence-corrected chi connectivity index (χ4v) is 1.48. The van der Waals surface area contributed by atoms with Crippen molar-refractivity contribution in [2.75, 3.05) is 11.1 Å². The number of nitrogen functional groups attached to an aromatic ring is 1. The summed E-state index contributed by atoms with van der Waals surface area (Å²) in [5.41, 5.74) is 6.17. The highest BCUT2D eigenvalue weighted by atomic mass is 19.3. The van der Waals surface area contributed by atoms with Gasteiger partial charge in [0.2, 0.25) is 6.41 Å². The molecule has 0 fully saturated rings. The van der Waals surface area contributed by atoms with Gasteiger partial charge in [0.25, 0.3) is 6.43 Å². The van der Waals surface area contributed by atoms with E-state index in [0.717, 1.165) is 0 Å². The Labute approximate surface area is 101 Å². The normalized spacial score (nSPS) is 10.6. The second-order valence-electron chi connectivity index (χ2n) is 3.53. The van der Waals surface area contributed by atoms with Crippen molar-refractivity contribution in [2.24, 2.45) is 0 Å². The van der Waals surface area contributed by atoms with E-state index in [4.69, 9.17) is 5.73 Å². The van der Waals surface area contributed by atoms with Crippen LogP contribution in [0.5, 0.6) is 0 Å². The zero-order chi connectivity index (χ0) is 13.1. The van der Waals surface area contributed by atoms with E-state index in [1.165, 1.54) is 10.9 Å². The highest BCUT2D eigenvalue weighted by Gasteiger charge is 2.18. The van der Waals surface area contributed by atoms with Gasteiger partial charge < -0.3 is 11.1 Å². The highest BCUT2D eigenvalue weighted by molar-refractivity contribution is 5.72.